The number of nitrogens with one attached hydrogen (secondary N) is 2. The second-order valence-electron chi connectivity index (χ2n) is 3.46. The molecule has 0 aromatic heterocycles. The van der Waals surface area contributed by atoms with E-state index in [9.17, 15) is 0 Å². The maximum absolute atomic E-state index is 3.54. The summed E-state index contributed by atoms with van der Waals surface area (Å²) in [7, 11) is 0. The van der Waals surface area contributed by atoms with Crippen molar-refractivity contribution >= 4 is 0 Å². The predicted molar refractivity (Wildman–Crippen MR) is 42.0 cm³/mol. The molecule has 0 aromatic carbocycles. The zero-order valence-corrected chi connectivity index (χ0v) is 6.40. The van der Waals surface area contributed by atoms with E-state index in [0.717, 1.165) is 12.0 Å². The van der Waals surface area contributed by atoms with Crippen LogP contribution in [0, 0.1) is 5.92 Å². The van der Waals surface area contributed by atoms with Crippen molar-refractivity contribution in [1.82, 2.24) is 10.6 Å². The quantitative estimate of drug-likeness (QED) is 0.507. The molecule has 0 unspecified atom stereocenters. The molecular formula is C8H16N2. The van der Waals surface area contributed by atoms with Gasteiger partial charge in [-0.2, -0.15) is 0 Å². The number of hydrogen-bond donors (Lipinski definition) is 2. The third-order valence-corrected chi connectivity index (χ3v) is 2.78. The van der Waals surface area contributed by atoms with Gasteiger partial charge in [0.05, 0.1) is 0 Å². The molecule has 2 fully saturated rings. The summed E-state index contributed by atoms with van der Waals surface area (Å²) < 4.78 is 0. The van der Waals surface area contributed by atoms with Crippen molar-refractivity contribution in [2.75, 3.05) is 19.6 Å². The standard InChI is InChI=1S/C8H16N2/c1-2-7-3-5-10-8(7)6-9-4-1/h7-10H,1-6H2/t7-,8+/m0/s1. The van der Waals surface area contributed by atoms with Crippen molar-refractivity contribution in [3.05, 3.63) is 0 Å². The van der Waals surface area contributed by atoms with Crippen LogP contribution in [-0.4, -0.2) is 25.7 Å². The normalized spacial score (nSPS) is 40.8. The lowest BCUT2D eigenvalue weighted by Gasteiger charge is -2.14. The van der Waals surface area contributed by atoms with Crippen molar-refractivity contribution < 1.29 is 0 Å². The fourth-order valence-electron chi connectivity index (χ4n) is 2.15. The molecule has 0 aromatic rings. The maximum atomic E-state index is 3.54. The first kappa shape index (κ1) is 6.62. The third-order valence-electron chi connectivity index (χ3n) is 2.78. The molecule has 2 N–H and O–H groups in total. The maximum Gasteiger partial charge on any atom is 0.0221 e. The van der Waals surface area contributed by atoms with Gasteiger partial charge in [0.1, 0.15) is 0 Å². The summed E-state index contributed by atoms with van der Waals surface area (Å²) in [5.74, 6) is 0.981. The van der Waals surface area contributed by atoms with Crippen LogP contribution in [-0.2, 0) is 0 Å². The molecule has 0 amide bonds. The van der Waals surface area contributed by atoms with Gasteiger partial charge in [-0.3, -0.25) is 0 Å². The van der Waals surface area contributed by atoms with Crippen molar-refractivity contribution in [2.24, 2.45) is 5.92 Å². The van der Waals surface area contributed by atoms with Crippen LogP contribution in [0.2, 0.25) is 0 Å². The van der Waals surface area contributed by atoms with E-state index >= 15 is 0 Å². The monoisotopic (exact) mass is 140 g/mol. The second-order valence-corrected chi connectivity index (χ2v) is 3.46. The van der Waals surface area contributed by atoms with Gasteiger partial charge >= 0.3 is 0 Å². The van der Waals surface area contributed by atoms with Gasteiger partial charge in [-0.1, -0.05) is 0 Å². The lowest BCUT2D eigenvalue weighted by molar-refractivity contribution is 0.440. The Morgan fingerprint density at radius 3 is 3.10 bits per heavy atom. The van der Waals surface area contributed by atoms with E-state index in [1.165, 1.54) is 38.9 Å². The smallest absolute Gasteiger partial charge is 0.0221 e. The predicted octanol–water partition coefficient (Wildman–Crippen LogP) is 0.348. The number of rotatable bonds is 0. The Bertz CT molecular complexity index is 102. The Morgan fingerprint density at radius 1 is 1.10 bits per heavy atom. The van der Waals surface area contributed by atoms with Gasteiger partial charge in [-0.25, -0.2) is 0 Å². The Balaban J connectivity index is 1.95. The van der Waals surface area contributed by atoms with Gasteiger partial charge in [0.2, 0.25) is 0 Å². The average Bonchev–Trinajstić information content (AvgIpc) is 2.28. The molecule has 2 aliphatic heterocycles. The summed E-state index contributed by atoms with van der Waals surface area (Å²) in [5.41, 5.74) is 0. The summed E-state index contributed by atoms with van der Waals surface area (Å²) in [6.07, 6.45) is 4.22. The molecule has 0 aliphatic carbocycles. The largest absolute Gasteiger partial charge is 0.315 e. The van der Waals surface area contributed by atoms with E-state index in [1.807, 2.05) is 0 Å². The number of hydrogen-bond acceptors (Lipinski definition) is 2. The van der Waals surface area contributed by atoms with Gasteiger partial charge in [-0.05, 0) is 38.3 Å². The Morgan fingerprint density at radius 2 is 2.10 bits per heavy atom. The summed E-state index contributed by atoms with van der Waals surface area (Å²) >= 11 is 0. The highest BCUT2D eigenvalue weighted by Gasteiger charge is 2.27. The van der Waals surface area contributed by atoms with Crippen LogP contribution in [0.4, 0.5) is 0 Å². The first-order valence-electron chi connectivity index (χ1n) is 4.41. The van der Waals surface area contributed by atoms with Gasteiger partial charge in [0.15, 0.2) is 0 Å². The van der Waals surface area contributed by atoms with Crippen molar-refractivity contribution in [1.29, 1.82) is 0 Å². The fraction of sp³-hybridized carbons (Fsp3) is 1.00. The molecule has 2 heteroatoms. The van der Waals surface area contributed by atoms with E-state index in [2.05, 4.69) is 10.6 Å². The van der Waals surface area contributed by atoms with E-state index < -0.39 is 0 Å². The SMILES string of the molecule is C1CNC[C@H]2NCC[C@@H]2C1. The molecule has 2 rings (SSSR count). The van der Waals surface area contributed by atoms with Crippen molar-refractivity contribution in [3.63, 3.8) is 0 Å². The molecule has 2 aliphatic rings. The van der Waals surface area contributed by atoms with Crippen LogP contribution < -0.4 is 10.6 Å². The summed E-state index contributed by atoms with van der Waals surface area (Å²) in [5, 5.41) is 6.99. The summed E-state index contributed by atoms with van der Waals surface area (Å²) in [4.78, 5) is 0. The molecule has 0 saturated carbocycles. The van der Waals surface area contributed by atoms with Crippen LogP contribution in [0.3, 0.4) is 0 Å². The highest BCUT2D eigenvalue weighted by atomic mass is 15.0. The molecule has 10 heavy (non-hydrogen) atoms. The lowest BCUT2D eigenvalue weighted by Crippen LogP contribution is -2.35. The van der Waals surface area contributed by atoms with E-state index in [4.69, 9.17) is 0 Å². The van der Waals surface area contributed by atoms with Crippen LogP contribution in [0.1, 0.15) is 19.3 Å². The second kappa shape index (κ2) is 2.89. The van der Waals surface area contributed by atoms with Crippen LogP contribution in [0.5, 0.6) is 0 Å². The molecular weight excluding hydrogens is 124 g/mol. The molecule has 0 spiro atoms. The highest BCUT2D eigenvalue weighted by molar-refractivity contribution is 4.87. The van der Waals surface area contributed by atoms with E-state index in [1.54, 1.807) is 0 Å². The first-order chi connectivity index (χ1) is 4.97. The van der Waals surface area contributed by atoms with Gasteiger partial charge in [0, 0.05) is 12.6 Å². The Kier molecular flexibility index (Phi) is 1.91. The molecule has 2 heterocycles. The molecule has 2 atom stereocenters. The molecule has 2 nitrogen and oxygen atoms in total. The lowest BCUT2D eigenvalue weighted by atomic mass is 9.97. The zero-order chi connectivity index (χ0) is 6.81. The molecule has 0 radical (unpaired) electrons. The fourth-order valence-corrected chi connectivity index (χ4v) is 2.15. The van der Waals surface area contributed by atoms with Gasteiger partial charge in [0.25, 0.3) is 0 Å². The Hall–Kier alpha value is -0.0800. The third kappa shape index (κ3) is 1.18. The van der Waals surface area contributed by atoms with Crippen LogP contribution in [0.15, 0.2) is 0 Å². The van der Waals surface area contributed by atoms with Crippen molar-refractivity contribution in [2.45, 2.75) is 25.3 Å². The topological polar surface area (TPSA) is 24.1 Å². The highest BCUT2D eigenvalue weighted by Crippen LogP contribution is 2.21. The minimum Gasteiger partial charge on any atom is -0.315 e. The van der Waals surface area contributed by atoms with Gasteiger partial charge in [-0.15, -0.1) is 0 Å². The van der Waals surface area contributed by atoms with Crippen LogP contribution >= 0.6 is 0 Å². The van der Waals surface area contributed by atoms with E-state index in [0.29, 0.717) is 0 Å². The summed E-state index contributed by atoms with van der Waals surface area (Å²) in [6.45, 7) is 3.68. The first-order valence-corrected chi connectivity index (χ1v) is 4.41. The van der Waals surface area contributed by atoms with Crippen molar-refractivity contribution in [3.8, 4) is 0 Å². The van der Waals surface area contributed by atoms with E-state index in [-0.39, 0.29) is 0 Å². The summed E-state index contributed by atoms with van der Waals surface area (Å²) in [6, 6.07) is 0.794. The molecule has 2 saturated heterocycles. The minimum absolute atomic E-state index is 0.794. The molecule has 58 valence electrons. The molecule has 0 bridgehead atoms. The van der Waals surface area contributed by atoms with Crippen LogP contribution in [0.25, 0.3) is 0 Å². The number of fused-ring (bicyclic) bond motifs is 1. The van der Waals surface area contributed by atoms with Gasteiger partial charge < -0.3 is 10.6 Å². The zero-order valence-electron chi connectivity index (χ0n) is 6.40. The Labute approximate surface area is 62.4 Å². The minimum atomic E-state index is 0.794. The average molecular weight is 140 g/mol.